The molecule has 1 rings (SSSR count). The standard InChI is InChI=1S/C14H25N3O2S/c1-6-15-12(14(2,3)4)11-17(5)20(18,19)13-9-7-8-10-16-13/h7-10,12,15H,6,11H2,1-5H3/t12-/m1/s1. The minimum absolute atomic E-state index is 0.0239. The number of hydrogen-bond donors (Lipinski definition) is 1. The lowest BCUT2D eigenvalue weighted by Gasteiger charge is -2.34. The fraction of sp³-hybridized carbons (Fsp3) is 0.643. The number of hydrogen-bond acceptors (Lipinski definition) is 4. The zero-order valence-electron chi connectivity index (χ0n) is 12.9. The Hall–Kier alpha value is -0.980. The second-order valence-electron chi connectivity index (χ2n) is 5.93. The molecule has 0 unspecified atom stereocenters. The molecule has 20 heavy (non-hydrogen) atoms. The van der Waals surface area contributed by atoms with Crippen LogP contribution in [0, 0.1) is 5.41 Å². The van der Waals surface area contributed by atoms with Gasteiger partial charge >= 0.3 is 0 Å². The molecular formula is C14H25N3O2S. The maximum absolute atomic E-state index is 12.4. The molecule has 0 radical (unpaired) electrons. The van der Waals surface area contributed by atoms with Crippen LogP contribution in [-0.4, -0.2) is 43.9 Å². The van der Waals surface area contributed by atoms with Gasteiger partial charge in [0.1, 0.15) is 0 Å². The van der Waals surface area contributed by atoms with Crippen molar-refractivity contribution in [2.75, 3.05) is 20.1 Å². The van der Waals surface area contributed by atoms with Gasteiger partial charge in [0.05, 0.1) is 0 Å². The van der Waals surface area contributed by atoms with Crippen LogP contribution in [0.3, 0.4) is 0 Å². The molecule has 1 atom stereocenters. The van der Waals surface area contributed by atoms with Gasteiger partial charge in [-0.2, -0.15) is 4.31 Å². The molecule has 114 valence electrons. The SMILES string of the molecule is CCN[C@H](CN(C)S(=O)(=O)c1ccccn1)C(C)(C)C. The summed E-state index contributed by atoms with van der Waals surface area (Å²) in [6, 6.07) is 4.98. The number of pyridine rings is 1. The average molecular weight is 299 g/mol. The molecule has 1 heterocycles. The van der Waals surface area contributed by atoms with Crippen molar-refractivity contribution in [3.05, 3.63) is 24.4 Å². The Bertz CT molecular complexity index is 509. The van der Waals surface area contributed by atoms with Gasteiger partial charge in [-0.05, 0) is 24.1 Å². The maximum atomic E-state index is 12.4. The summed E-state index contributed by atoms with van der Waals surface area (Å²) < 4.78 is 26.2. The smallest absolute Gasteiger partial charge is 0.260 e. The molecule has 6 heteroatoms. The van der Waals surface area contributed by atoms with Crippen LogP contribution in [0.4, 0.5) is 0 Å². The topological polar surface area (TPSA) is 62.3 Å². The molecule has 0 bridgehead atoms. The fourth-order valence-electron chi connectivity index (χ4n) is 1.91. The third-order valence-corrected chi connectivity index (χ3v) is 4.99. The molecule has 0 spiro atoms. The highest BCUT2D eigenvalue weighted by atomic mass is 32.2. The van der Waals surface area contributed by atoms with Gasteiger partial charge in [-0.15, -0.1) is 0 Å². The van der Waals surface area contributed by atoms with Gasteiger partial charge in [-0.25, -0.2) is 13.4 Å². The summed E-state index contributed by atoms with van der Waals surface area (Å²) in [4.78, 5) is 3.94. The third-order valence-electron chi connectivity index (χ3n) is 3.25. The normalized spacial score (nSPS) is 14.5. The second-order valence-corrected chi connectivity index (χ2v) is 7.92. The van der Waals surface area contributed by atoms with Crippen molar-refractivity contribution in [2.45, 2.75) is 38.8 Å². The van der Waals surface area contributed by atoms with Crippen molar-refractivity contribution in [3.8, 4) is 0 Å². The number of likely N-dealkylation sites (N-methyl/N-ethyl adjacent to an activating group) is 2. The largest absolute Gasteiger partial charge is 0.312 e. The Balaban J connectivity index is 2.92. The first kappa shape index (κ1) is 17.1. The van der Waals surface area contributed by atoms with Crippen molar-refractivity contribution in [1.82, 2.24) is 14.6 Å². The van der Waals surface area contributed by atoms with Crippen LogP contribution in [0.1, 0.15) is 27.7 Å². The quantitative estimate of drug-likeness (QED) is 0.869. The van der Waals surface area contributed by atoms with Crippen LogP contribution in [0.25, 0.3) is 0 Å². The number of nitrogens with one attached hydrogen (secondary N) is 1. The number of sulfonamides is 1. The number of rotatable bonds is 6. The van der Waals surface area contributed by atoms with Crippen molar-refractivity contribution >= 4 is 10.0 Å². The lowest BCUT2D eigenvalue weighted by Crippen LogP contribution is -2.49. The highest BCUT2D eigenvalue weighted by molar-refractivity contribution is 7.89. The molecule has 0 saturated carbocycles. The third kappa shape index (κ3) is 4.26. The molecule has 0 aliphatic heterocycles. The fourth-order valence-corrected chi connectivity index (χ4v) is 3.01. The summed E-state index contributed by atoms with van der Waals surface area (Å²) in [6.45, 7) is 9.53. The first-order chi connectivity index (χ1) is 9.19. The van der Waals surface area contributed by atoms with Gasteiger partial charge in [0.15, 0.2) is 5.03 Å². The van der Waals surface area contributed by atoms with Crippen molar-refractivity contribution in [1.29, 1.82) is 0 Å². The van der Waals surface area contributed by atoms with E-state index in [4.69, 9.17) is 0 Å². The Morgan fingerprint density at radius 1 is 1.35 bits per heavy atom. The zero-order valence-corrected chi connectivity index (χ0v) is 13.7. The summed E-state index contributed by atoms with van der Waals surface area (Å²) in [7, 11) is -1.93. The van der Waals surface area contributed by atoms with E-state index in [0.29, 0.717) is 6.54 Å². The number of nitrogens with zero attached hydrogens (tertiary/aromatic N) is 2. The van der Waals surface area contributed by atoms with E-state index in [2.05, 4.69) is 31.1 Å². The molecule has 1 aromatic rings. The Morgan fingerprint density at radius 2 is 2.00 bits per heavy atom. The molecule has 0 amide bonds. The van der Waals surface area contributed by atoms with E-state index in [-0.39, 0.29) is 16.5 Å². The average Bonchev–Trinajstić information content (AvgIpc) is 2.38. The van der Waals surface area contributed by atoms with E-state index in [9.17, 15) is 8.42 Å². The molecule has 1 N–H and O–H groups in total. The molecule has 1 aromatic heterocycles. The van der Waals surface area contributed by atoms with Crippen LogP contribution in [0.2, 0.25) is 0 Å². The molecule has 0 aliphatic rings. The van der Waals surface area contributed by atoms with Gasteiger partial charge in [-0.3, -0.25) is 0 Å². The molecule has 0 saturated heterocycles. The summed E-state index contributed by atoms with van der Waals surface area (Å²) >= 11 is 0. The minimum atomic E-state index is -3.53. The Labute approximate surface area is 122 Å². The van der Waals surface area contributed by atoms with Crippen molar-refractivity contribution in [3.63, 3.8) is 0 Å². The van der Waals surface area contributed by atoms with E-state index in [1.54, 1.807) is 19.2 Å². The van der Waals surface area contributed by atoms with Gasteiger partial charge in [0, 0.05) is 25.8 Å². The predicted molar refractivity (Wildman–Crippen MR) is 81.0 cm³/mol. The van der Waals surface area contributed by atoms with Crippen LogP contribution < -0.4 is 5.32 Å². The molecular weight excluding hydrogens is 274 g/mol. The second kappa shape index (κ2) is 6.65. The van der Waals surface area contributed by atoms with Gasteiger partial charge < -0.3 is 5.32 Å². The first-order valence-corrected chi connectivity index (χ1v) is 8.24. The number of aromatic nitrogens is 1. The van der Waals surface area contributed by atoms with E-state index in [1.165, 1.54) is 16.6 Å². The van der Waals surface area contributed by atoms with E-state index >= 15 is 0 Å². The first-order valence-electron chi connectivity index (χ1n) is 6.80. The maximum Gasteiger partial charge on any atom is 0.260 e. The lowest BCUT2D eigenvalue weighted by molar-refractivity contribution is 0.238. The summed E-state index contributed by atoms with van der Waals surface area (Å²) in [5.74, 6) is 0. The predicted octanol–water partition coefficient (Wildman–Crippen LogP) is 1.73. The summed E-state index contributed by atoms with van der Waals surface area (Å²) in [5.41, 5.74) is -0.0239. The molecule has 0 aromatic carbocycles. The van der Waals surface area contributed by atoms with Crippen molar-refractivity contribution in [2.24, 2.45) is 5.41 Å². The van der Waals surface area contributed by atoms with Gasteiger partial charge in [-0.1, -0.05) is 33.8 Å². The van der Waals surface area contributed by atoms with E-state index < -0.39 is 10.0 Å². The van der Waals surface area contributed by atoms with Crippen LogP contribution >= 0.6 is 0 Å². The summed E-state index contributed by atoms with van der Waals surface area (Å²) in [6.07, 6.45) is 1.49. The van der Waals surface area contributed by atoms with E-state index in [0.717, 1.165) is 6.54 Å². The van der Waals surface area contributed by atoms with Gasteiger partial charge in [0.2, 0.25) is 0 Å². The van der Waals surface area contributed by atoms with E-state index in [1.807, 2.05) is 6.92 Å². The lowest BCUT2D eigenvalue weighted by atomic mass is 9.86. The molecule has 0 fully saturated rings. The van der Waals surface area contributed by atoms with Crippen LogP contribution in [0.5, 0.6) is 0 Å². The van der Waals surface area contributed by atoms with Gasteiger partial charge in [0.25, 0.3) is 10.0 Å². The Kier molecular flexibility index (Phi) is 5.68. The Morgan fingerprint density at radius 3 is 2.45 bits per heavy atom. The summed E-state index contributed by atoms with van der Waals surface area (Å²) in [5, 5.41) is 3.44. The van der Waals surface area contributed by atoms with Crippen molar-refractivity contribution < 1.29 is 8.42 Å². The highest BCUT2D eigenvalue weighted by Crippen LogP contribution is 2.21. The highest BCUT2D eigenvalue weighted by Gasteiger charge is 2.30. The monoisotopic (exact) mass is 299 g/mol. The zero-order chi connectivity index (χ0) is 15.4. The van der Waals surface area contributed by atoms with Crippen LogP contribution in [-0.2, 0) is 10.0 Å². The minimum Gasteiger partial charge on any atom is -0.312 e. The molecule has 0 aliphatic carbocycles. The van der Waals surface area contributed by atoms with Crippen LogP contribution in [0.15, 0.2) is 29.4 Å². The molecule has 5 nitrogen and oxygen atoms in total.